The van der Waals surface area contributed by atoms with E-state index in [0.29, 0.717) is 0 Å². The summed E-state index contributed by atoms with van der Waals surface area (Å²) in [6, 6.07) is -1.06. The van der Waals surface area contributed by atoms with Crippen LogP contribution < -0.4 is 5.73 Å². The molecule has 6 N–H and O–H groups in total. The largest absolute Gasteiger partial charge is 0.481 e. The predicted molar refractivity (Wildman–Crippen MR) is 66.6 cm³/mol. The third-order valence-corrected chi connectivity index (χ3v) is 2.02. The first-order chi connectivity index (χ1) is 9.57. The lowest BCUT2D eigenvalue weighted by Crippen LogP contribution is -2.30. The minimum atomic E-state index is -1.50. The van der Waals surface area contributed by atoms with Crippen LogP contribution >= 0.6 is 0 Å². The topological polar surface area (TPSA) is 192 Å². The van der Waals surface area contributed by atoms with Crippen molar-refractivity contribution in [1.82, 2.24) is 0 Å². The highest BCUT2D eigenvalue weighted by Crippen LogP contribution is 1.96. The molecule has 0 spiro atoms. The highest BCUT2D eigenvalue weighted by molar-refractivity contribution is 6.32. The van der Waals surface area contributed by atoms with Crippen LogP contribution in [0.3, 0.4) is 0 Å². The van der Waals surface area contributed by atoms with Crippen molar-refractivity contribution in [3.63, 3.8) is 0 Å². The minimum Gasteiger partial charge on any atom is -0.481 e. The Morgan fingerprint density at radius 1 is 0.810 bits per heavy atom. The zero-order valence-electron chi connectivity index (χ0n) is 11.0. The maximum atomic E-state index is 10.3. The Balaban J connectivity index is 0. The number of carboxylic acid groups (broad SMARTS) is 4. The zero-order valence-corrected chi connectivity index (χ0v) is 11.0. The van der Waals surface area contributed by atoms with Gasteiger partial charge < -0.3 is 26.2 Å². The number of carbonyl (C=O) groups excluding carboxylic acids is 1. The van der Waals surface area contributed by atoms with Crippen LogP contribution in [-0.4, -0.2) is 56.1 Å². The van der Waals surface area contributed by atoms with Crippen molar-refractivity contribution >= 4 is 29.7 Å². The molecule has 0 unspecified atom stereocenters. The van der Waals surface area contributed by atoms with Crippen molar-refractivity contribution in [1.29, 1.82) is 0 Å². The van der Waals surface area contributed by atoms with Gasteiger partial charge in [-0.05, 0) is 12.8 Å². The monoisotopic (exact) mass is 307 g/mol. The molecule has 0 aliphatic carbocycles. The van der Waals surface area contributed by atoms with Gasteiger partial charge in [-0.25, -0.2) is 4.79 Å². The lowest BCUT2D eigenvalue weighted by molar-refractivity contribution is -0.149. The molecule has 0 aliphatic rings. The first kappa shape index (κ1) is 20.8. The quantitative estimate of drug-likeness (QED) is 0.335. The minimum absolute atomic E-state index is 0.0231. The summed E-state index contributed by atoms with van der Waals surface area (Å²) in [6.07, 6.45) is -0.515. The van der Waals surface area contributed by atoms with Crippen molar-refractivity contribution in [3.05, 3.63) is 0 Å². The number of rotatable bonds is 9. The van der Waals surface area contributed by atoms with Gasteiger partial charge in [0.2, 0.25) is 5.78 Å². The molecule has 0 fully saturated rings. The summed E-state index contributed by atoms with van der Waals surface area (Å²) in [5, 5.41) is 32.4. The second-order valence-corrected chi connectivity index (χ2v) is 3.85. The molecule has 21 heavy (non-hydrogen) atoms. The number of carboxylic acids is 4. The number of Topliss-reactive ketones (excluding diaryl/α,β-unsaturated/α-hetero) is 1. The van der Waals surface area contributed by atoms with E-state index in [1.807, 2.05) is 0 Å². The maximum Gasteiger partial charge on any atom is 0.372 e. The van der Waals surface area contributed by atoms with Crippen LogP contribution in [0.5, 0.6) is 0 Å². The fourth-order valence-corrected chi connectivity index (χ4v) is 0.910. The van der Waals surface area contributed by atoms with E-state index in [1.54, 1.807) is 0 Å². The lowest BCUT2D eigenvalue weighted by atomic mass is 10.2. The van der Waals surface area contributed by atoms with Crippen molar-refractivity contribution in [3.8, 4) is 0 Å². The second-order valence-electron chi connectivity index (χ2n) is 3.85. The van der Waals surface area contributed by atoms with Gasteiger partial charge in [0.1, 0.15) is 6.04 Å². The van der Waals surface area contributed by atoms with Crippen LogP contribution in [0.25, 0.3) is 0 Å². The van der Waals surface area contributed by atoms with Crippen LogP contribution in [0.1, 0.15) is 32.1 Å². The molecule has 0 saturated heterocycles. The molecule has 0 aromatic carbocycles. The SMILES string of the molecule is N[C@@H](CCC(=O)O)C(=O)O.O=C(O)CCCC(=O)C(=O)O. The second kappa shape index (κ2) is 11.3. The standard InChI is InChI=1S/C6H8O5.C5H9NO4/c7-4(6(10)11)2-1-3-5(8)9;6-3(5(9)10)1-2-4(7)8/h1-3H2,(H,8,9)(H,10,11);3H,1-2,6H2,(H,7,8)(H,9,10)/t;3-/m.0/s1. The van der Waals surface area contributed by atoms with E-state index in [1.165, 1.54) is 0 Å². The van der Waals surface area contributed by atoms with Gasteiger partial charge >= 0.3 is 23.9 Å². The number of carbonyl (C=O) groups is 5. The van der Waals surface area contributed by atoms with E-state index >= 15 is 0 Å². The molecular formula is C11H17NO9. The molecule has 0 rings (SSSR count). The molecule has 10 heteroatoms. The molecule has 10 nitrogen and oxygen atoms in total. The Hall–Kier alpha value is -2.49. The molecule has 0 aliphatic heterocycles. The maximum absolute atomic E-state index is 10.3. The molecule has 0 bridgehead atoms. The van der Waals surface area contributed by atoms with Crippen LogP contribution in [-0.2, 0) is 24.0 Å². The summed E-state index contributed by atoms with van der Waals surface area (Å²) in [7, 11) is 0. The highest BCUT2D eigenvalue weighted by atomic mass is 16.4. The van der Waals surface area contributed by atoms with Gasteiger partial charge in [0.25, 0.3) is 0 Å². The van der Waals surface area contributed by atoms with Gasteiger partial charge in [0.15, 0.2) is 0 Å². The number of hydrogen-bond donors (Lipinski definition) is 5. The number of aliphatic carboxylic acids is 4. The van der Waals surface area contributed by atoms with Crippen molar-refractivity contribution in [2.45, 2.75) is 38.1 Å². The Kier molecular flexibility index (Phi) is 11.2. The lowest BCUT2D eigenvalue weighted by Gasteiger charge is -2.01. The molecule has 0 saturated carbocycles. The smallest absolute Gasteiger partial charge is 0.372 e. The zero-order chi connectivity index (χ0) is 17.0. The van der Waals surface area contributed by atoms with Crippen LogP contribution in [0, 0.1) is 0 Å². The number of ketones is 1. The summed E-state index contributed by atoms with van der Waals surface area (Å²) in [5.41, 5.74) is 5.00. The van der Waals surface area contributed by atoms with Gasteiger partial charge in [-0.1, -0.05) is 0 Å². The summed E-state index contributed by atoms with van der Waals surface area (Å²) in [4.78, 5) is 50.0. The van der Waals surface area contributed by atoms with Gasteiger partial charge in [-0.2, -0.15) is 0 Å². The molecule has 0 aromatic heterocycles. The summed E-state index contributed by atoms with van der Waals surface area (Å²) in [6.45, 7) is 0. The first-order valence-electron chi connectivity index (χ1n) is 5.76. The molecule has 0 amide bonds. The first-order valence-corrected chi connectivity index (χ1v) is 5.76. The number of hydrogen-bond acceptors (Lipinski definition) is 6. The van der Waals surface area contributed by atoms with Crippen molar-refractivity contribution < 1.29 is 44.4 Å². The summed E-state index contributed by atoms with van der Waals surface area (Å²) < 4.78 is 0. The van der Waals surface area contributed by atoms with E-state index in [4.69, 9.17) is 26.2 Å². The Bertz CT molecular complexity index is 404. The van der Waals surface area contributed by atoms with E-state index in [-0.39, 0.29) is 32.1 Å². The molecule has 1 atom stereocenters. The van der Waals surface area contributed by atoms with Crippen molar-refractivity contribution in [2.75, 3.05) is 0 Å². The third-order valence-electron chi connectivity index (χ3n) is 2.02. The fourth-order valence-electron chi connectivity index (χ4n) is 0.910. The molecule has 0 aromatic rings. The van der Waals surface area contributed by atoms with Gasteiger partial charge in [-0.3, -0.25) is 19.2 Å². The predicted octanol–water partition coefficient (Wildman–Crippen LogP) is -0.842. The van der Waals surface area contributed by atoms with Crippen LogP contribution in [0.2, 0.25) is 0 Å². The average Bonchev–Trinajstić information content (AvgIpc) is 2.35. The Morgan fingerprint density at radius 2 is 1.29 bits per heavy atom. The van der Waals surface area contributed by atoms with E-state index < -0.39 is 35.7 Å². The Morgan fingerprint density at radius 3 is 1.62 bits per heavy atom. The molecular weight excluding hydrogens is 290 g/mol. The molecule has 0 radical (unpaired) electrons. The summed E-state index contributed by atoms with van der Waals surface area (Å²) in [5.74, 6) is -5.66. The van der Waals surface area contributed by atoms with E-state index in [9.17, 15) is 24.0 Å². The van der Waals surface area contributed by atoms with Crippen LogP contribution in [0.4, 0.5) is 0 Å². The van der Waals surface area contributed by atoms with Gasteiger partial charge in [-0.15, -0.1) is 0 Å². The average molecular weight is 307 g/mol. The van der Waals surface area contributed by atoms with E-state index in [0.717, 1.165) is 0 Å². The van der Waals surface area contributed by atoms with Gasteiger partial charge in [0, 0.05) is 19.3 Å². The normalized spacial score (nSPS) is 10.7. The number of nitrogens with two attached hydrogens (primary N) is 1. The van der Waals surface area contributed by atoms with Gasteiger partial charge in [0.05, 0.1) is 0 Å². The third kappa shape index (κ3) is 15.5. The fraction of sp³-hybridized carbons (Fsp3) is 0.545. The van der Waals surface area contributed by atoms with Crippen molar-refractivity contribution in [2.24, 2.45) is 5.73 Å². The molecule has 120 valence electrons. The highest BCUT2D eigenvalue weighted by Gasteiger charge is 2.12. The summed E-state index contributed by atoms with van der Waals surface area (Å²) >= 11 is 0. The van der Waals surface area contributed by atoms with Crippen LogP contribution in [0.15, 0.2) is 0 Å². The molecule has 0 heterocycles. The van der Waals surface area contributed by atoms with E-state index in [2.05, 4.69) is 0 Å². The Labute approximate surface area is 119 Å².